The second-order valence-electron chi connectivity index (χ2n) is 4.87. The van der Waals surface area contributed by atoms with Crippen LogP contribution in [0.15, 0.2) is 29.2 Å². The van der Waals surface area contributed by atoms with E-state index in [0.717, 1.165) is 12.0 Å². The number of carbonyl (C=O) groups is 1. The molecule has 0 heterocycles. The highest BCUT2D eigenvalue weighted by molar-refractivity contribution is 7.98. The summed E-state index contributed by atoms with van der Waals surface area (Å²) in [5.74, 6) is -0.198. The number of hydrogen-bond donors (Lipinski definition) is 2. The van der Waals surface area contributed by atoms with Gasteiger partial charge in [0.05, 0.1) is 6.10 Å². The van der Waals surface area contributed by atoms with Crippen LogP contribution in [0.25, 0.3) is 0 Å². The summed E-state index contributed by atoms with van der Waals surface area (Å²) in [7, 11) is 0. The van der Waals surface area contributed by atoms with E-state index in [-0.39, 0.29) is 5.91 Å². The molecule has 20 heavy (non-hydrogen) atoms. The Labute approximate surface area is 125 Å². The maximum Gasteiger partial charge on any atom is 0.242 e. The summed E-state index contributed by atoms with van der Waals surface area (Å²) < 4.78 is 0. The number of amides is 1. The second kappa shape index (κ2) is 8.29. The Balaban J connectivity index is 2.77. The number of rotatable bonds is 7. The van der Waals surface area contributed by atoms with Crippen molar-refractivity contribution in [3.63, 3.8) is 0 Å². The quantitative estimate of drug-likeness (QED) is 0.754. The van der Waals surface area contributed by atoms with Gasteiger partial charge >= 0.3 is 0 Å². The van der Waals surface area contributed by atoms with Crippen LogP contribution in [0.2, 0.25) is 0 Å². The largest absolute Gasteiger partial charge is 0.391 e. The molecule has 0 fully saturated rings. The van der Waals surface area contributed by atoms with Crippen LogP contribution < -0.4 is 5.73 Å². The smallest absolute Gasteiger partial charge is 0.242 e. The lowest BCUT2D eigenvalue weighted by molar-refractivity contribution is -0.135. The fourth-order valence-electron chi connectivity index (χ4n) is 1.91. The molecule has 4 nitrogen and oxygen atoms in total. The van der Waals surface area contributed by atoms with Crippen molar-refractivity contribution in [1.82, 2.24) is 4.90 Å². The maximum atomic E-state index is 12.2. The molecule has 0 unspecified atom stereocenters. The summed E-state index contributed by atoms with van der Waals surface area (Å²) in [6.07, 6.45) is 2.06. The Kier molecular flexibility index (Phi) is 7.05. The van der Waals surface area contributed by atoms with Crippen molar-refractivity contribution in [3.05, 3.63) is 29.8 Å². The first-order valence-electron chi connectivity index (χ1n) is 6.85. The number of benzene rings is 1. The lowest BCUT2D eigenvalue weighted by atomic mass is 10.1. The zero-order valence-electron chi connectivity index (χ0n) is 12.4. The molecule has 1 aromatic carbocycles. The molecule has 0 spiro atoms. The van der Waals surface area contributed by atoms with Crippen molar-refractivity contribution in [2.24, 2.45) is 5.73 Å². The normalized spacial score (nSPS) is 13.8. The maximum absolute atomic E-state index is 12.2. The van der Waals surface area contributed by atoms with Gasteiger partial charge in [-0.05, 0) is 37.3 Å². The van der Waals surface area contributed by atoms with Gasteiger partial charge in [-0.2, -0.15) is 0 Å². The molecule has 112 valence electrons. The van der Waals surface area contributed by atoms with Crippen LogP contribution in [0, 0.1) is 0 Å². The number of hydrogen-bond acceptors (Lipinski definition) is 4. The van der Waals surface area contributed by atoms with Gasteiger partial charge < -0.3 is 15.7 Å². The highest BCUT2D eigenvalue weighted by atomic mass is 32.2. The number of thioether (sulfide) groups is 1. The molecule has 0 aromatic heterocycles. The first-order chi connectivity index (χ1) is 9.49. The Hall–Kier alpha value is -1.04. The average molecular weight is 296 g/mol. The van der Waals surface area contributed by atoms with Crippen molar-refractivity contribution >= 4 is 17.7 Å². The lowest BCUT2D eigenvalue weighted by Gasteiger charge is -2.26. The Bertz CT molecular complexity index is 420. The van der Waals surface area contributed by atoms with Gasteiger partial charge in [-0.3, -0.25) is 4.79 Å². The summed E-state index contributed by atoms with van der Waals surface area (Å²) in [4.78, 5) is 15.1. The van der Waals surface area contributed by atoms with E-state index in [4.69, 9.17) is 5.73 Å². The zero-order valence-corrected chi connectivity index (χ0v) is 13.2. The molecule has 2 atom stereocenters. The van der Waals surface area contributed by atoms with E-state index < -0.39 is 12.1 Å². The van der Waals surface area contributed by atoms with E-state index in [0.29, 0.717) is 13.1 Å². The Morgan fingerprint density at radius 1 is 1.40 bits per heavy atom. The highest BCUT2D eigenvalue weighted by Crippen LogP contribution is 2.16. The zero-order chi connectivity index (χ0) is 15.1. The second-order valence-corrected chi connectivity index (χ2v) is 5.75. The third-order valence-electron chi connectivity index (χ3n) is 3.14. The van der Waals surface area contributed by atoms with Gasteiger partial charge in [-0.25, -0.2) is 0 Å². The minimum atomic E-state index is -0.855. The van der Waals surface area contributed by atoms with Gasteiger partial charge in [0.15, 0.2) is 0 Å². The van der Waals surface area contributed by atoms with Crippen LogP contribution in [0.3, 0.4) is 0 Å². The van der Waals surface area contributed by atoms with E-state index >= 15 is 0 Å². The number of carbonyl (C=O) groups excluding carboxylic acids is 1. The molecule has 1 aromatic rings. The van der Waals surface area contributed by atoms with Gasteiger partial charge in [0, 0.05) is 18.0 Å². The molecule has 0 radical (unpaired) electrons. The van der Waals surface area contributed by atoms with Crippen molar-refractivity contribution in [1.29, 1.82) is 0 Å². The first-order valence-corrected chi connectivity index (χ1v) is 8.07. The molecule has 1 rings (SSSR count). The van der Waals surface area contributed by atoms with Crippen molar-refractivity contribution < 1.29 is 9.90 Å². The number of aliphatic hydroxyl groups excluding tert-OH is 1. The van der Waals surface area contributed by atoms with E-state index in [1.54, 1.807) is 23.6 Å². The molecule has 0 aliphatic heterocycles. The molecule has 5 heteroatoms. The van der Waals surface area contributed by atoms with Gasteiger partial charge in [0.1, 0.15) is 6.04 Å². The van der Waals surface area contributed by atoms with Crippen LogP contribution in [-0.4, -0.2) is 40.9 Å². The monoisotopic (exact) mass is 296 g/mol. The molecular formula is C15H24N2O2S. The Morgan fingerprint density at radius 3 is 2.45 bits per heavy atom. The van der Waals surface area contributed by atoms with E-state index in [1.807, 2.05) is 37.4 Å². The molecule has 3 N–H and O–H groups in total. The van der Waals surface area contributed by atoms with Crippen LogP contribution in [-0.2, 0) is 11.3 Å². The summed E-state index contributed by atoms with van der Waals surface area (Å²) >= 11 is 1.69. The minimum absolute atomic E-state index is 0.198. The summed E-state index contributed by atoms with van der Waals surface area (Å²) in [5.41, 5.74) is 6.82. The van der Waals surface area contributed by atoms with Gasteiger partial charge in [-0.1, -0.05) is 19.1 Å². The molecule has 0 saturated carbocycles. The fourth-order valence-corrected chi connectivity index (χ4v) is 2.31. The molecule has 0 aliphatic carbocycles. The number of nitrogens with two attached hydrogens (primary N) is 1. The standard InChI is InChI=1S/C15H24N2O2S/c1-4-9-17(15(19)14(16)11(2)18)10-12-5-7-13(20-3)8-6-12/h5-8,11,14,18H,4,9-10,16H2,1-3H3/t11-,14+/m1/s1. The molecule has 0 aliphatic rings. The molecule has 1 amide bonds. The average Bonchev–Trinajstić information content (AvgIpc) is 2.46. The van der Waals surface area contributed by atoms with Gasteiger partial charge in [0.2, 0.25) is 5.91 Å². The van der Waals surface area contributed by atoms with E-state index in [9.17, 15) is 9.90 Å². The van der Waals surface area contributed by atoms with E-state index in [2.05, 4.69) is 0 Å². The summed E-state index contributed by atoms with van der Waals surface area (Å²) in [5, 5.41) is 9.47. The van der Waals surface area contributed by atoms with Crippen molar-refractivity contribution in [2.45, 2.75) is 43.9 Å². The minimum Gasteiger partial charge on any atom is -0.391 e. The third kappa shape index (κ3) is 4.81. The molecule has 0 saturated heterocycles. The Morgan fingerprint density at radius 2 is 2.00 bits per heavy atom. The first kappa shape index (κ1) is 17.0. The van der Waals surface area contributed by atoms with Crippen LogP contribution in [0.5, 0.6) is 0 Å². The lowest BCUT2D eigenvalue weighted by Crippen LogP contribution is -2.49. The molecular weight excluding hydrogens is 272 g/mol. The van der Waals surface area contributed by atoms with Gasteiger partial charge in [-0.15, -0.1) is 11.8 Å². The van der Waals surface area contributed by atoms with Crippen LogP contribution in [0.1, 0.15) is 25.8 Å². The summed E-state index contributed by atoms with van der Waals surface area (Å²) in [6, 6.07) is 7.28. The van der Waals surface area contributed by atoms with Crippen molar-refractivity contribution in [2.75, 3.05) is 12.8 Å². The van der Waals surface area contributed by atoms with E-state index in [1.165, 1.54) is 4.90 Å². The predicted octanol–water partition coefficient (Wildman–Crippen LogP) is 1.86. The number of aliphatic hydroxyl groups is 1. The summed E-state index contributed by atoms with van der Waals surface area (Å²) in [6.45, 7) is 4.73. The topological polar surface area (TPSA) is 66.6 Å². The highest BCUT2D eigenvalue weighted by Gasteiger charge is 2.24. The molecule has 0 bridgehead atoms. The predicted molar refractivity (Wildman–Crippen MR) is 83.6 cm³/mol. The van der Waals surface area contributed by atoms with Crippen LogP contribution in [0.4, 0.5) is 0 Å². The van der Waals surface area contributed by atoms with Crippen LogP contribution >= 0.6 is 11.8 Å². The number of nitrogens with zero attached hydrogens (tertiary/aromatic N) is 1. The SMILES string of the molecule is CCCN(Cc1ccc(SC)cc1)C(=O)[C@@H](N)[C@@H](C)O. The van der Waals surface area contributed by atoms with Crippen molar-refractivity contribution in [3.8, 4) is 0 Å². The third-order valence-corrected chi connectivity index (χ3v) is 3.89. The fraction of sp³-hybridized carbons (Fsp3) is 0.533. The van der Waals surface area contributed by atoms with Gasteiger partial charge in [0.25, 0.3) is 0 Å².